The number of anilines is 2. The Kier molecular flexibility index (Phi) is 2.97. The van der Waals surface area contributed by atoms with Gasteiger partial charge in [0, 0.05) is 16.3 Å². The molecule has 76 valence electrons. The molecular formula is C13H13NS. The quantitative estimate of drug-likeness (QED) is 0.721. The lowest BCUT2D eigenvalue weighted by atomic mass is 10.2. The zero-order valence-corrected chi connectivity index (χ0v) is 9.46. The summed E-state index contributed by atoms with van der Waals surface area (Å²) in [6.45, 7) is 2.08. The molecule has 0 aliphatic heterocycles. The largest absolute Gasteiger partial charge is 0.356 e. The van der Waals surface area contributed by atoms with Gasteiger partial charge >= 0.3 is 0 Å². The summed E-state index contributed by atoms with van der Waals surface area (Å²) in [7, 11) is 0. The molecule has 0 amide bonds. The molecule has 1 N–H and O–H groups in total. The summed E-state index contributed by atoms with van der Waals surface area (Å²) in [6.07, 6.45) is 0. The Morgan fingerprint density at radius 3 is 1.80 bits per heavy atom. The second-order valence-corrected chi connectivity index (χ2v) is 4.05. The number of benzene rings is 2. The van der Waals surface area contributed by atoms with Crippen molar-refractivity contribution in [3.63, 3.8) is 0 Å². The average molecular weight is 215 g/mol. The third kappa shape index (κ3) is 2.77. The Labute approximate surface area is 95.6 Å². The first kappa shape index (κ1) is 10.1. The number of nitrogens with one attached hydrogen (secondary N) is 1. The van der Waals surface area contributed by atoms with Crippen molar-refractivity contribution in [2.45, 2.75) is 11.8 Å². The zero-order valence-electron chi connectivity index (χ0n) is 8.57. The van der Waals surface area contributed by atoms with Crippen molar-refractivity contribution in [3.8, 4) is 0 Å². The summed E-state index contributed by atoms with van der Waals surface area (Å²) in [4.78, 5) is 0.976. The standard InChI is InChI=1S/C13H13NS/c1-10-2-4-11(5-3-10)14-12-6-8-13(15)9-7-12/h2-9,14-15H,1H3. The van der Waals surface area contributed by atoms with E-state index in [2.05, 4.69) is 49.1 Å². The van der Waals surface area contributed by atoms with Crippen LogP contribution in [0.1, 0.15) is 5.56 Å². The van der Waals surface area contributed by atoms with E-state index < -0.39 is 0 Å². The first-order valence-electron chi connectivity index (χ1n) is 4.87. The normalized spacial score (nSPS) is 10.0. The maximum atomic E-state index is 4.24. The Balaban J connectivity index is 2.15. The molecule has 0 unspecified atom stereocenters. The lowest BCUT2D eigenvalue weighted by Gasteiger charge is -2.06. The number of rotatable bonds is 2. The predicted octanol–water partition coefficient (Wildman–Crippen LogP) is 4.03. The van der Waals surface area contributed by atoms with Crippen molar-refractivity contribution in [1.82, 2.24) is 0 Å². The number of hydrogen-bond acceptors (Lipinski definition) is 2. The summed E-state index contributed by atoms with van der Waals surface area (Å²) in [5.74, 6) is 0. The molecule has 0 atom stereocenters. The van der Waals surface area contributed by atoms with E-state index in [1.54, 1.807) is 0 Å². The van der Waals surface area contributed by atoms with Crippen molar-refractivity contribution in [3.05, 3.63) is 54.1 Å². The SMILES string of the molecule is Cc1ccc(Nc2ccc(S)cc2)cc1. The van der Waals surface area contributed by atoms with E-state index in [0.717, 1.165) is 16.3 Å². The fourth-order valence-electron chi connectivity index (χ4n) is 1.35. The summed E-state index contributed by atoms with van der Waals surface area (Å²) >= 11 is 4.24. The highest BCUT2D eigenvalue weighted by Crippen LogP contribution is 2.18. The molecule has 2 aromatic carbocycles. The van der Waals surface area contributed by atoms with Crippen molar-refractivity contribution in [2.75, 3.05) is 5.32 Å². The van der Waals surface area contributed by atoms with E-state index in [0.29, 0.717) is 0 Å². The summed E-state index contributed by atoms with van der Waals surface area (Å²) < 4.78 is 0. The van der Waals surface area contributed by atoms with Gasteiger partial charge in [0.05, 0.1) is 0 Å². The number of hydrogen-bond donors (Lipinski definition) is 2. The highest BCUT2D eigenvalue weighted by molar-refractivity contribution is 7.80. The molecule has 15 heavy (non-hydrogen) atoms. The molecule has 0 saturated heterocycles. The Morgan fingerprint density at radius 1 is 0.800 bits per heavy atom. The fraction of sp³-hybridized carbons (Fsp3) is 0.0769. The topological polar surface area (TPSA) is 12.0 Å². The van der Waals surface area contributed by atoms with Crippen LogP contribution in [0.25, 0.3) is 0 Å². The van der Waals surface area contributed by atoms with Gasteiger partial charge in [0.2, 0.25) is 0 Å². The van der Waals surface area contributed by atoms with Crippen LogP contribution in [-0.4, -0.2) is 0 Å². The molecule has 0 aromatic heterocycles. The minimum absolute atomic E-state index is 0.976. The Morgan fingerprint density at radius 2 is 1.27 bits per heavy atom. The van der Waals surface area contributed by atoms with Crippen molar-refractivity contribution in [1.29, 1.82) is 0 Å². The highest BCUT2D eigenvalue weighted by atomic mass is 32.1. The van der Waals surface area contributed by atoms with E-state index in [4.69, 9.17) is 0 Å². The van der Waals surface area contributed by atoms with Gasteiger partial charge in [-0.3, -0.25) is 0 Å². The van der Waals surface area contributed by atoms with Gasteiger partial charge in [-0.1, -0.05) is 17.7 Å². The van der Waals surface area contributed by atoms with Crippen LogP contribution in [0, 0.1) is 6.92 Å². The van der Waals surface area contributed by atoms with Crippen LogP contribution in [0.3, 0.4) is 0 Å². The van der Waals surface area contributed by atoms with E-state index >= 15 is 0 Å². The lowest BCUT2D eigenvalue weighted by molar-refractivity contribution is 1.43. The third-order valence-corrected chi connectivity index (χ3v) is 2.51. The molecule has 1 nitrogen and oxygen atoms in total. The number of aryl methyl sites for hydroxylation is 1. The number of thiol groups is 1. The van der Waals surface area contributed by atoms with Gasteiger partial charge in [-0.25, -0.2) is 0 Å². The smallest absolute Gasteiger partial charge is 0.0384 e. The van der Waals surface area contributed by atoms with E-state index in [1.165, 1.54) is 5.56 Å². The molecule has 0 aliphatic carbocycles. The molecule has 0 fully saturated rings. The van der Waals surface area contributed by atoms with Crippen molar-refractivity contribution >= 4 is 24.0 Å². The molecule has 2 rings (SSSR count). The minimum Gasteiger partial charge on any atom is -0.356 e. The van der Waals surface area contributed by atoms with E-state index in [1.807, 2.05) is 24.3 Å². The van der Waals surface area contributed by atoms with Crippen molar-refractivity contribution < 1.29 is 0 Å². The first-order chi connectivity index (χ1) is 7.24. The van der Waals surface area contributed by atoms with E-state index in [9.17, 15) is 0 Å². The molecule has 0 spiro atoms. The van der Waals surface area contributed by atoms with Crippen molar-refractivity contribution in [2.24, 2.45) is 0 Å². The van der Waals surface area contributed by atoms with Gasteiger partial charge in [-0.2, -0.15) is 0 Å². The molecule has 0 radical (unpaired) electrons. The lowest BCUT2D eigenvalue weighted by Crippen LogP contribution is -1.89. The Hall–Kier alpha value is -1.41. The van der Waals surface area contributed by atoms with Crippen LogP contribution in [-0.2, 0) is 0 Å². The molecule has 2 heteroatoms. The molecule has 2 aromatic rings. The summed E-state index contributed by atoms with van der Waals surface area (Å²) in [5, 5.41) is 3.32. The maximum absolute atomic E-state index is 4.24. The highest BCUT2D eigenvalue weighted by Gasteiger charge is 1.93. The molecule has 0 aliphatic rings. The monoisotopic (exact) mass is 215 g/mol. The van der Waals surface area contributed by atoms with Gasteiger partial charge in [-0.15, -0.1) is 12.6 Å². The molecule has 0 bridgehead atoms. The van der Waals surface area contributed by atoms with Gasteiger partial charge in [0.1, 0.15) is 0 Å². The van der Waals surface area contributed by atoms with Crippen LogP contribution in [0.5, 0.6) is 0 Å². The Bertz CT molecular complexity index is 388. The summed E-state index contributed by atoms with van der Waals surface area (Å²) in [5.41, 5.74) is 3.45. The van der Waals surface area contributed by atoms with Gasteiger partial charge in [0.25, 0.3) is 0 Å². The predicted molar refractivity (Wildman–Crippen MR) is 68.2 cm³/mol. The fourth-order valence-corrected chi connectivity index (χ4v) is 1.50. The van der Waals surface area contributed by atoms with Crippen LogP contribution in [0.4, 0.5) is 11.4 Å². The second kappa shape index (κ2) is 4.41. The molecule has 0 heterocycles. The van der Waals surface area contributed by atoms with Gasteiger partial charge in [0.15, 0.2) is 0 Å². The van der Waals surface area contributed by atoms with Gasteiger partial charge in [-0.05, 0) is 43.3 Å². The van der Waals surface area contributed by atoms with Crippen LogP contribution in [0.2, 0.25) is 0 Å². The second-order valence-electron chi connectivity index (χ2n) is 3.54. The zero-order chi connectivity index (χ0) is 10.7. The molecular weight excluding hydrogens is 202 g/mol. The maximum Gasteiger partial charge on any atom is 0.0384 e. The summed E-state index contributed by atoms with van der Waals surface area (Å²) in [6, 6.07) is 16.3. The average Bonchev–Trinajstić information content (AvgIpc) is 2.25. The third-order valence-electron chi connectivity index (χ3n) is 2.21. The van der Waals surface area contributed by atoms with Gasteiger partial charge < -0.3 is 5.32 Å². The molecule has 0 saturated carbocycles. The van der Waals surface area contributed by atoms with Crippen LogP contribution < -0.4 is 5.32 Å². The van der Waals surface area contributed by atoms with Crippen LogP contribution >= 0.6 is 12.6 Å². The first-order valence-corrected chi connectivity index (χ1v) is 5.31. The van der Waals surface area contributed by atoms with E-state index in [-0.39, 0.29) is 0 Å². The van der Waals surface area contributed by atoms with Crippen LogP contribution in [0.15, 0.2) is 53.4 Å². The minimum atomic E-state index is 0.976.